The number of carbonyl (C=O) groups excluding carboxylic acids is 2. The minimum absolute atomic E-state index is 0.194. The Morgan fingerprint density at radius 2 is 2.13 bits per heavy atom. The number of alkyl halides is 1. The number of nitriles is 1. The Labute approximate surface area is 184 Å². The van der Waals surface area contributed by atoms with Crippen molar-refractivity contribution in [3.63, 3.8) is 0 Å². The van der Waals surface area contributed by atoms with Crippen molar-refractivity contribution in [3.05, 3.63) is 41.6 Å². The Morgan fingerprint density at radius 3 is 2.87 bits per heavy atom. The fraction of sp³-hybridized carbons (Fsp3) is 0.455. The molecule has 7 nitrogen and oxygen atoms in total. The molecule has 0 spiro atoms. The summed E-state index contributed by atoms with van der Waals surface area (Å²) in [6, 6.07) is 8.43. The Balaban J connectivity index is 1.54. The van der Waals surface area contributed by atoms with Crippen LogP contribution in [-0.4, -0.2) is 71.0 Å². The smallest absolute Gasteiger partial charge is 0.252 e. The highest BCUT2D eigenvalue weighted by atomic mass is 32.2. The largest absolute Gasteiger partial charge is 0.343 e. The molecule has 2 aromatic rings. The number of piperidine rings is 1. The van der Waals surface area contributed by atoms with Gasteiger partial charge in [-0.3, -0.25) is 14.6 Å². The molecule has 2 saturated heterocycles. The number of nitrogens with one attached hydrogen (secondary N) is 1. The average Bonchev–Trinajstić information content (AvgIpc) is 3.27. The number of aromatic nitrogens is 1. The molecular weight excluding hydrogens is 417 g/mol. The second-order valence-corrected chi connectivity index (χ2v) is 9.05. The van der Waals surface area contributed by atoms with Gasteiger partial charge in [-0.2, -0.15) is 5.26 Å². The number of halogens is 1. The van der Waals surface area contributed by atoms with Crippen molar-refractivity contribution in [3.8, 4) is 6.07 Å². The van der Waals surface area contributed by atoms with Gasteiger partial charge in [0.25, 0.3) is 5.91 Å². The van der Waals surface area contributed by atoms with Crippen LogP contribution in [0.15, 0.2) is 30.5 Å². The molecule has 2 aliphatic rings. The van der Waals surface area contributed by atoms with Crippen LogP contribution in [0.4, 0.5) is 4.39 Å². The third-order valence-corrected chi connectivity index (χ3v) is 7.05. The van der Waals surface area contributed by atoms with E-state index in [0.29, 0.717) is 59.6 Å². The zero-order valence-electron chi connectivity index (χ0n) is 17.3. The zero-order valence-corrected chi connectivity index (χ0v) is 18.1. The van der Waals surface area contributed by atoms with Crippen molar-refractivity contribution in [2.75, 3.05) is 38.3 Å². The summed E-state index contributed by atoms with van der Waals surface area (Å²) in [7, 11) is 1.98. The number of amides is 2. The van der Waals surface area contributed by atoms with Crippen LogP contribution in [0.1, 0.15) is 28.8 Å². The molecule has 162 valence electrons. The minimum Gasteiger partial charge on any atom is -0.343 e. The van der Waals surface area contributed by atoms with Gasteiger partial charge in [0.2, 0.25) is 5.91 Å². The summed E-state index contributed by atoms with van der Waals surface area (Å²) in [4.78, 5) is 33.2. The van der Waals surface area contributed by atoms with Crippen molar-refractivity contribution >= 4 is 34.5 Å². The lowest BCUT2D eigenvalue weighted by Crippen LogP contribution is -2.42. The maximum absolute atomic E-state index is 15.6. The number of hydrogen-bond acceptors (Lipinski definition) is 6. The van der Waals surface area contributed by atoms with E-state index >= 15 is 4.39 Å². The van der Waals surface area contributed by atoms with Gasteiger partial charge < -0.3 is 15.1 Å². The summed E-state index contributed by atoms with van der Waals surface area (Å²) in [6.07, 6.45) is 2.33. The van der Waals surface area contributed by atoms with E-state index in [1.54, 1.807) is 24.3 Å². The molecule has 1 aromatic carbocycles. The lowest BCUT2D eigenvalue weighted by atomic mass is 9.85. The third-order valence-electron chi connectivity index (χ3n) is 6.03. The molecule has 4 rings (SSSR count). The summed E-state index contributed by atoms with van der Waals surface area (Å²) in [5.74, 6) is 0.310. The quantitative estimate of drug-likeness (QED) is 0.783. The number of pyridine rings is 1. The number of rotatable bonds is 4. The monoisotopic (exact) mass is 441 g/mol. The fourth-order valence-corrected chi connectivity index (χ4v) is 5.14. The van der Waals surface area contributed by atoms with Gasteiger partial charge in [-0.15, -0.1) is 11.8 Å². The molecule has 9 heteroatoms. The van der Waals surface area contributed by atoms with E-state index in [4.69, 9.17) is 5.26 Å². The van der Waals surface area contributed by atoms with E-state index in [1.807, 2.05) is 7.05 Å². The van der Waals surface area contributed by atoms with Gasteiger partial charge in [0, 0.05) is 30.4 Å². The molecular formula is C22H24FN5O2S. The number of carbonyl (C=O) groups is 2. The molecule has 2 aliphatic heterocycles. The van der Waals surface area contributed by atoms with Crippen molar-refractivity contribution < 1.29 is 14.0 Å². The van der Waals surface area contributed by atoms with E-state index in [2.05, 4.69) is 21.3 Å². The lowest BCUT2D eigenvalue weighted by molar-refractivity contribution is -0.129. The normalized spacial score (nSPS) is 21.1. The molecule has 1 atom stereocenters. The molecule has 1 unspecified atom stereocenters. The number of likely N-dealkylation sites (tertiary alicyclic amines) is 1. The Morgan fingerprint density at radius 1 is 1.35 bits per heavy atom. The van der Waals surface area contributed by atoms with Crippen LogP contribution in [0.3, 0.4) is 0 Å². The summed E-state index contributed by atoms with van der Waals surface area (Å²) in [6.45, 7) is 1.16. The molecule has 1 N–H and O–H groups in total. The predicted molar refractivity (Wildman–Crippen MR) is 117 cm³/mol. The Hall–Kier alpha value is -2.70. The van der Waals surface area contributed by atoms with E-state index in [-0.39, 0.29) is 12.5 Å². The maximum Gasteiger partial charge on any atom is 0.252 e. The Bertz CT molecular complexity index is 1050. The van der Waals surface area contributed by atoms with Gasteiger partial charge in [-0.25, -0.2) is 4.39 Å². The Kier molecular flexibility index (Phi) is 6.12. The first-order valence-electron chi connectivity index (χ1n) is 10.2. The second-order valence-electron chi connectivity index (χ2n) is 8.05. The molecule has 0 aliphatic carbocycles. The van der Waals surface area contributed by atoms with Crippen LogP contribution in [0.2, 0.25) is 0 Å². The summed E-state index contributed by atoms with van der Waals surface area (Å²) in [5.41, 5.74) is 0.0701. The summed E-state index contributed by atoms with van der Waals surface area (Å²) in [5, 5.41) is 12.4. The van der Waals surface area contributed by atoms with Crippen molar-refractivity contribution in [1.82, 2.24) is 20.1 Å². The average molecular weight is 442 g/mol. The topological polar surface area (TPSA) is 89.3 Å². The van der Waals surface area contributed by atoms with Crippen LogP contribution >= 0.6 is 11.8 Å². The SMILES string of the molecule is CN1CCC(F)(c2ccc3nccc(C(=O)NCC(=O)N4CSCC4C#N)c3c2)CC1. The van der Waals surface area contributed by atoms with E-state index in [9.17, 15) is 9.59 Å². The van der Waals surface area contributed by atoms with Gasteiger partial charge in [0.05, 0.1) is 29.6 Å². The second kappa shape index (κ2) is 8.81. The lowest BCUT2D eigenvalue weighted by Gasteiger charge is -2.35. The molecule has 31 heavy (non-hydrogen) atoms. The fourth-order valence-electron chi connectivity index (χ4n) is 4.03. The van der Waals surface area contributed by atoms with Gasteiger partial charge >= 0.3 is 0 Å². The highest BCUT2D eigenvalue weighted by molar-refractivity contribution is 7.99. The zero-order chi connectivity index (χ0) is 22.0. The third kappa shape index (κ3) is 4.36. The first-order chi connectivity index (χ1) is 14.9. The van der Waals surface area contributed by atoms with Gasteiger partial charge in [0.1, 0.15) is 11.7 Å². The van der Waals surface area contributed by atoms with Crippen LogP contribution in [0.25, 0.3) is 10.9 Å². The van der Waals surface area contributed by atoms with Gasteiger partial charge in [-0.1, -0.05) is 6.07 Å². The van der Waals surface area contributed by atoms with Gasteiger partial charge in [0.15, 0.2) is 0 Å². The predicted octanol–water partition coefficient (Wildman–Crippen LogP) is 2.28. The summed E-state index contributed by atoms with van der Waals surface area (Å²) < 4.78 is 15.6. The maximum atomic E-state index is 15.6. The van der Waals surface area contributed by atoms with Crippen LogP contribution in [0, 0.1) is 11.3 Å². The highest BCUT2D eigenvalue weighted by Gasteiger charge is 2.35. The van der Waals surface area contributed by atoms with E-state index in [1.165, 1.54) is 22.9 Å². The number of fused-ring (bicyclic) bond motifs is 1. The van der Waals surface area contributed by atoms with Crippen LogP contribution in [-0.2, 0) is 10.5 Å². The number of benzene rings is 1. The van der Waals surface area contributed by atoms with E-state index < -0.39 is 17.6 Å². The van der Waals surface area contributed by atoms with Crippen molar-refractivity contribution in [2.45, 2.75) is 24.6 Å². The number of nitrogens with zero attached hydrogens (tertiary/aromatic N) is 4. The molecule has 0 saturated carbocycles. The number of hydrogen-bond donors (Lipinski definition) is 1. The summed E-state index contributed by atoms with van der Waals surface area (Å²) >= 11 is 1.51. The number of thioether (sulfide) groups is 1. The molecule has 2 amide bonds. The molecule has 3 heterocycles. The first kappa shape index (κ1) is 21.5. The van der Waals surface area contributed by atoms with Crippen molar-refractivity contribution in [1.29, 1.82) is 5.26 Å². The van der Waals surface area contributed by atoms with Crippen LogP contribution in [0.5, 0.6) is 0 Å². The first-order valence-corrected chi connectivity index (χ1v) is 11.4. The molecule has 2 fully saturated rings. The minimum atomic E-state index is -1.43. The molecule has 0 bridgehead atoms. The molecule has 0 radical (unpaired) electrons. The van der Waals surface area contributed by atoms with E-state index in [0.717, 1.165) is 0 Å². The van der Waals surface area contributed by atoms with Crippen LogP contribution < -0.4 is 5.32 Å². The van der Waals surface area contributed by atoms with Gasteiger partial charge in [-0.05, 0) is 43.7 Å². The standard InChI is InChI=1S/C22H24FN5O2S/c1-27-8-5-22(23,6-9-27)15-2-3-19-18(10-15)17(4-7-25-19)21(30)26-12-20(29)28-14-31-13-16(28)11-24/h2-4,7,10,16H,5-6,8-9,12-14H2,1H3,(H,26,30). The highest BCUT2D eigenvalue weighted by Crippen LogP contribution is 2.38. The molecule has 1 aromatic heterocycles. The van der Waals surface area contributed by atoms with Crippen molar-refractivity contribution in [2.24, 2.45) is 0 Å².